The summed E-state index contributed by atoms with van der Waals surface area (Å²) in [5.41, 5.74) is 11.9. The van der Waals surface area contributed by atoms with E-state index in [9.17, 15) is 24.3 Å². The van der Waals surface area contributed by atoms with Gasteiger partial charge in [-0.1, -0.05) is 38.2 Å². The maximum absolute atomic E-state index is 13.2. The van der Waals surface area contributed by atoms with E-state index in [1.807, 2.05) is 6.92 Å². The standard InChI is InChI=1S/C28H39N3O8/c1-14-10-18-23(29)20(32)13-19(25(18)34)31-27(35)15(2)8-7-9-21(37-5)26(39-28(30)36)17(4)12-16(3)24(33)22(11-14)38-6/h7-9,12-14,16,21-22,24,26,33H,10-11,29H2,1-6H3,(H2,30,36)(H,31,35)/b9-7-,15-8+,17-12+/t14-,16+,21+,22+,24-,26?/m1/s1. The zero-order valence-corrected chi connectivity index (χ0v) is 23.2. The molecule has 1 aliphatic heterocycles. The van der Waals surface area contributed by atoms with Crippen LogP contribution in [-0.2, 0) is 28.6 Å². The molecule has 0 fully saturated rings. The number of fused-ring (bicyclic) bond motifs is 2. The van der Waals surface area contributed by atoms with Gasteiger partial charge in [0.25, 0.3) is 5.91 Å². The van der Waals surface area contributed by atoms with E-state index in [0.717, 1.165) is 6.08 Å². The number of hydrogen-bond acceptors (Lipinski definition) is 9. The van der Waals surface area contributed by atoms with Gasteiger partial charge in [0, 0.05) is 37.4 Å². The van der Waals surface area contributed by atoms with E-state index in [0.29, 0.717) is 12.0 Å². The number of rotatable bonds is 3. The van der Waals surface area contributed by atoms with Crippen LogP contribution < -0.4 is 16.8 Å². The number of amides is 2. The normalized spacial score (nSPS) is 33.3. The number of Topliss-reactive ketones (excluding diaryl/α,β-unsaturated/α-hetero) is 1. The Labute approximate surface area is 228 Å². The monoisotopic (exact) mass is 545 g/mol. The molecule has 11 heteroatoms. The number of hydrogen-bond donors (Lipinski definition) is 4. The van der Waals surface area contributed by atoms with E-state index in [4.69, 9.17) is 25.7 Å². The van der Waals surface area contributed by atoms with E-state index < -0.39 is 53.9 Å². The molecule has 2 rings (SSSR count). The SMILES string of the molecule is CO[C@H]1/C=C\C=C(/C)C(=O)NC2=CC(=O)C(N)=C(C[C@@H](C)C[C@H](OC)[C@H](O)[C@@H](C)/C=C(\C)C1OC(N)=O)C2=O. The predicted octanol–water partition coefficient (Wildman–Crippen LogP) is 1.72. The molecule has 39 heavy (non-hydrogen) atoms. The highest BCUT2D eigenvalue weighted by Gasteiger charge is 2.32. The highest BCUT2D eigenvalue weighted by Crippen LogP contribution is 2.28. The van der Waals surface area contributed by atoms with Gasteiger partial charge in [0.15, 0.2) is 6.10 Å². The molecule has 6 atom stereocenters. The summed E-state index contributed by atoms with van der Waals surface area (Å²) >= 11 is 0. The average molecular weight is 546 g/mol. The highest BCUT2D eigenvalue weighted by atomic mass is 16.6. The van der Waals surface area contributed by atoms with E-state index in [2.05, 4.69) is 5.32 Å². The number of ether oxygens (including phenoxy) is 3. The van der Waals surface area contributed by atoms with Crippen molar-refractivity contribution in [2.45, 2.75) is 65.0 Å². The number of allylic oxidation sites excluding steroid dienone is 4. The van der Waals surface area contributed by atoms with Crippen molar-refractivity contribution >= 4 is 23.6 Å². The zero-order chi connectivity index (χ0) is 29.4. The molecule has 11 nitrogen and oxygen atoms in total. The third kappa shape index (κ3) is 8.22. The Bertz CT molecular complexity index is 1130. The predicted molar refractivity (Wildman–Crippen MR) is 144 cm³/mol. The van der Waals surface area contributed by atoms with Crippen molar-refractivity contribution in [3.8, 4) is 0 Å². The number of ketones is 2. The van der Waals surface area contributed by atoms with E-state index in [1.165, 1.54) is 33.3 Å². The number of methoxy groups -OCH3 is 2. The van der Waals surface area contributed by atoms with E-state index in [-0.39, 0.29) is 34.9 Å². The van der Waals surface area contributed by atoms with Crippen LogP contribution in [0.25, 0.3) is 0 Å². The fourth-order valence-electron chi connectivity index (χ4n) is 4.61. The lowest BCUT2D eigenvalue weighted by molar-refractivity contribution is -0.120. The fraction of sp³-hybridized carbons (Fsp3) is 0.500. The van der Waals surface area contributed by atoms with Gasteiger partial charge in [-0.25, -0.2) is 4.79 Å². The molecule has 6 N–H and O–H groups in total. The van der Waals surface area contributed by atoms with Gasteiger partial charge in [-0.05, 0) is 38.2 Å². The van der Waals surface area contributed by atoms with Gasteiger partial charge in [0.2, 0.25) is 11.6 Å². The van der Waals surface area contributed by atoms with Gasteiger partial charge in [-0.3, -0.25) is 14.4 Å². The minimum absolute atomic E-state index is 0.104. The summed E-state index contributed by atoms with van der Waals surface area (Å²) in [5.74, 6) is -2.37. The van der Waals surface area contributed by atoms with E-state index >= 15 is 0 Å². The van der Waals surface area contributed by atoms with Crippen LogP contribution in [0, 0.1) is 11.8 Å². The number of carbonyl (C=O) groups is 4. The molecule has 0 radical (unpaired) electrons. The summed E-state index contributed by atoms with van der Waals surface area (Å²) in [6.45, 7) is 6.89. The first-order valence-corrected chi connectivity index (χ1v) is 12.6. The van der Waals surface area contributed by atoms with Crippen LogP contribution in [0.15, 0.2) is 58.5 Å². The van der Waals surface area contributed by atoms with E-state index in [1.54, 1.807) is 26.0 Å². The van der Waals surface area contributed by atoms with Crippen LogP contribution in [0.2, 0.25) is 0 Å². The molecule has 0 aromatic rings. The second-order valence-electron chi connectivity index (χ2n) is 9.97. The van der Waals surface area contributed by atoms with Gasteiger partial charge in [0.1, 0.15) is 6.10 Å². The maximum atomic E-state index is 13.2. The number of primary amides is 1. The Morgan fingerprint density at radius 3 is 2.38 bits per heavy atom. The van der Waals surface area contributed by atoms with Crippen LogP contribution in [0.3, 0.4) is 0 Å². The lowest BCUT2D eigenvalue weighted by Gasteiger charge is -2.29. The van der Waals surface area contributed by atoms with Crippen LogP contribution in [-0.4, -0.2) is 67.3 Å². The summed E-state index contributed by atoms with van der Waals surface area (Å²) in [4.78, 5) is 50.1. The Kier molecular flexibility index (Phi) is 11.4. The smallest absolute Gasteiger partial charge is 0.405 e. The second-order valence-corrected chi connectivity index (χ2v) is 9.97. The topological polar surface area (TPSA) is 180 Å². The van der Waals surface area contributed by atoms with Crippen molar-refractivity contribution in [2.75, 3.05) is 14.2 Å². The van der Waals surface area contributed by atoms with Gasteiger partial charge in [-0.2, -0.15) is 0 Å². The second kappa shape index (κ2) is 14.0. The number of nitrogens with one attached hydrogen (secondary N) is 1. The Morgan fingerprint density at radius 1 is 1.13 bits per heavy atom. The minimum Gasteiger partial charge on any atom is -0.439 e. The number of aliphatic hydroxyl groups is 1. The molecular weight excluding hydrogens is 506 g/mol. The molecule has 0 spiro atoms. The number of nitrogens with two attached hydrogens (primary N) is 2. The highest BCUT2D eigenvalue weighted by molar-refractivity contribution is 6.23. The summed E-state index contributed by atoms with van der Waals surface area (Å²) in [6, 6.07) is 0. The quantitative estimate of drug-likeness (QED) is 0.303. The fourth-order valence-corrected chi connectivity index (χ4v) is 4.61. The molecule has 0 saturated carbocycles. The summed E-state index contributed by atoms with van der Waals surface area (Å²) in [5, 5.41) is 13.6. The Morgan fingerprint density at radius 2 is 1.79 bits per heavy atom. The molecule has 2 amide bonds. The molecular formula is C28H39N3O8. The summed E-state index contributed by atoms with van der Waals surface area (Å²) in [6.07, 6.45) is 3.55. The molecule has 0 aromatic heterocycles. The molecule has 0 aromatic carbocycles. The largest absolute Gasteiger partial charge is 0.439 e. The molecule has 214 valence electrons. The third-order valence-electron chi connectivity index (χ3n) is 6.84. The average Bonchev–Trinajstić information content (AvgIpc) is 2.88. The lowest BCUT2D eigenvalue weighted by atomic mass is 9.85. The molecule has 0 saturated heterocycles. The van der Waals surface area contributed by atoms with Crippen molar-refractivity contribution < 1.29 is 38.5 Å². The van der Waals surface area contributed by atoms with Gasteiger partial charge < -0.3 is 36.1 Å². The van der Waals surface area contributed by atoms with Crippen LogP contribution in [0.1, 0.15) is 40.5 Å². The first kappa shape index (κ1) is 31.7. The number of carbonyl (C=O) groups excluding carboxylic acids is 4. The zero-order valence-electron chi connectivity index (χ0n) is 23.2. The molecule has 1 heterocycles. The van der Waals surface area contributed by atoms with Crippen molar-refractivity contribution in [3.63, 3.8) is 0 Å². The molecule has 1 aliphatic carbocycles. The summed E-state index contributed by atoms with van der Waals surface area (Å²) in [7, 11) is 2.90. The van der Waals surface area contributed by atoms with Crippen LogP contribution in [0.5, 0.6) is 0 Å². The van der Waals surface area contributed by atoms with Crippen LogP contribution >= 0.6 is 0 Å². The van der Waals surface area contributed by atoms with Crippen molar-refractivity contribution in [2.24, 2.45) is 23.3 Å². The van der Waals surface area contributed by atoms with Gasteiger partial charge in [0.05, 0.1) is 23.6 Å². The van der Waals surface area contributed by atoms with Crippen molar-refractivity contribution in [1.29, 1.82) is 0 Å². The first-order chi connectivity index (χ1) is 18.3. The first-order valence-electron chi connectivity index (χ1n) is 12.6. The van der Waals surface area contributed by atoms with Gasteiger partial charge in [-0.15, -0.1) is 0 Å². The third-order valence-corrected chi connectivity index (χ3v) is 6.84. The molecule has 1 unspecified atom stereocenters. The summed E-state index contributed by atoms with van der Waals surface area (Å²) < 4.78 is 16.4. The lowest BCUT2D eigenvalue weighted by Crippen LogP contribution is -2.37. The van der Waals surface area contributed by atoms with Crippen molar-refractivity contribution in [3.05, 3.63) is 58.5 Å². The maximum Gasteiger partial charge on any atom is 0.405 e. The minimum atomic E-state index is -1.00. The Hall–Kier alpha value is -3.54. The van der Waals surface area contributed by atoms with Crippen molar-refractivity contribution in [1.82, 2.24) is 5.32 Å². The Balaban J connectivity index is 2.58. The molecule has 2 bridgehead atoms. The number of aliphatic hydroxyl groups excluding tert-OH is 1. The van der Waals surface area contributed by atoms with Crippen LogP contribution in [0.4, 0.5) is 4.79 Å². The molecule has 2 aliphatic rings. The van der Waals surface area contributed by atoms with Gasteiger partial charge >= 0.3 is 6.09 Å².